The van der Waals surface area contributed by atoms with E-state index >= 15 is 0 Å². The van der Waals surface area contributed by atoms with E-state index in [9.17, 15) is 0 Å². The van der Waals surface area contributed by atoms with Crippen LogP contribution in [0.25, 0.3) is 32.9 Å². The summed E-state index contributed by atoms with van der Waals surface area (Å²) in [6.45, 7) is 0. The Morgan fingerprint density at radius 3 is 1.27 bits per heavy atom. The summed E-state index contributed by atoms with van der Waals surface area (Å²) in [4.78, 5) is 0. The molecule has 4 aromatic rings. The van der Waals surface area contributed by atoms with Crippen LogP contribution in [0.4, 0.5) is 0 Å². The molecule has 0 radical (unpaired) electrons. The van der Waals surface area contributed by atoms with Gasteiger partial charge in [-0.05, 0) is 31.9 Å². The van der Waals surface area contributed by atoms with Crippen LogP contribution in [0.1, 0.15) is 0 Å². The molecule has 0 bridgehead atoms. The molecule has 6 heteroatoms. The topological polar surface area (TPSA) is 51.6 Å². The van der Waals surface area contributed by atoms with E-state index in [4.69, 9.17) is 0 Å². The molecular weight excluding hydrogens is 408 g/mol. The molecule has 2 heterocycles. The Kier molecular flexibility index (Phi) is 3.35. The van der Waals surface area contributed by atoms with Gasteiger partial charge in [0.05, 0.1) is 0 Å². The van der Waals surface area contributed by atoms with Crippen LogP contribution < -0.4 is 0 Å². The monoisotopic (exact) mass is 414 g/mol. The highest BCUT2D eigenvalue weighted by Crippen LogP contribution is 2.33. The van der Waals surface area contributed by atoms with Crippen molar-refractivity contribution in [3.8, 4) is 11.4 Å². The Hall–Kier alpha value is -1.92. The molecule has 0 aliphatic heterocycles. The summed E-state index contributed by atoms with van der Waals surface area (Å²) in [6, 6.07) is 16.0. The molecule has 4 rings (SSSR count). The zero-order valence-electron chi connectivity index (χ0n) is 11.2. The number of fused-ring (bicyclic) bond motifs is 2. The number of aromatic nitrogens is 4. The maximum absolute atomic E-state index is 4.34. The van der Waals surface area contributed by atoms with E-state index in [1.807, 2.05) is 48.5 Å². The highest BCUT2D eigenvalue weighted by Gasteiger charge is 2.15. The van der Waals surface area contributed by atoms with Gasteiger partial charge in [0.25, 0.3) is 0 Å². The van der Waals surface area contributed by atoms with Gasteiger partial charge in [0.1, 0.15) is 20.6 Å². The summed E-state index contributed by atoms with van der Waals surface area (Å²) in [5.41, 5.74) is 1.46. The van der Waals surface area contributed by atoms with Crippen LogP contribution in [0.3, 0.4) is 0 Å². The van der Waals surface area contributed by atoms with Crippen molar-refractivity contribution in [2.75, 3.05) is 0 Å². The highest BCUT2D eigenvalue weighted by atomic mass is 79.9. The number of rotatable bonds is 1. The molecule has 0 saturated carbocycles. The Labute approximate surface area is 142 Å². The first kappa shape index (κ1) is 13.7. The molecule has 0 fully saturated rings. The SMILES string of the molecule is Brc1nnc(-c2nnc(Br)c3ccccc23)c2ccccc12. The average Bonchev–Trinajstić information content (AvgIpc) is 2.57. The molecule has 2 aromatic carbocycles. The highest BCUT2D eigenvalue weighted by molar-refractivity contribution is 9.10. The van der Waals surface area contributed by atoms with E-state index in [1.54, 1.807) is 0 Å². The number of nitrogens with zero attached hydrogens (tertiary/aromatic N) is 4. The van der Waals surface area contributed by atoms with Gasteiger partial charge < -0.3 is 0 Å². The van der Waals surface area contributed by atoms with Crippen molar-refractivity contribution in [2.24, 2.45) is 0 Å². The van der Waals surface area contributed by atoms with Crippen molar-refractivity contribution < 1.29 is 0 Å². The lowest BCUT2D eigenvalue weighted by Gasteiger charge is -2.08. The summed E-state index contributed by atoms with van der Waals surface area (Å²) >= 11 is 6.90. The van der Waals surface area contributed by atoms with Crippen LogP contribution in [-0.2, 0) is 0 Å². The first-order chi connectivity index (χ1) is 10.8. The van der Waals surface area contributed by atoms with Crippen molar-refractivity contribution in [2.45, 2.75) is 0 Å². The summed E-state index contributed by atoms with van der Waals surface area (Å²) in [6.07, 6.45) is 0. The molecular formula is C16H8Br2N4. The normalized spacial score (nSPS) is 11.2. The largest absolute Gasteiger partial charge is 0.147 e. The molecule has 0 aliphatic rings. The summed E-state index contributed by atoms with van der Waals surface area (Å²) < 4.78 is 1.45. The van der Waals surface area contributed by atoms with Gasteiger partial charge >= 0.3 is 0 Å². The molecule has 0 aliphatic carbocycles. The van der Waals surface area contributed by atoms with Crippen molar-refractivity contribution in [3.63, 3.8) is 0 Å². The van der Waals surface area contributed by atoms with Gasteiger partial charge in [-0.1, -0.05) is 48.5 Å². The second-order valence-electron chi connectivity index (χ2n) is 4.77. The molecule has 0 N–H and O–H groups in total. The van der Waals surface area contributed by atoms with Crippen molar-refractivity contribution in [1.29, 1.82) is 0 Å². The standard InChI is InChI=1S/C16H8Br2N4/c17-15-11-7-3-1-5-9(11)13(19-21-15)14-10-6-2-4-8-12(10)16(18)22-20-14/h1-8H. The number of halogens is 2. The molecule has 4 nitrogen and oxygen atoms in total. The van der Waals surface area contributed by atoms with Gasteiger partial charge in [-0.15, -0.1) is 20.4 Å². The molecule has 0 spiro atoms. The van der Waals surface area contributed by atoms with Gasteiger partial charge in [-0.2, -0.15) is 0 Å². The fraction of sp³-hybridized carbons (Fsp3) is 0. The Bertz CT molecular complexity index is 934. The van der Waals surface area contributed by atoms with E-state index in [-0.39, 0.29) is 0 Å². The maximum Gasteiger partial charge on any atom is 0.136 e. The van der Waals surface area contributed by atoms with Crippen molar-refractivity contribution >= 4 is 53.4 Å². The lowest BCUT2D eigenvalue weighted by Crippen LogP contribution is -1.97. The van der Waals surface area contributed by atoms with Crippen LogP contribution >= 0.6 is 31.9 Å². The number of hydrogen-bond donors (Lipinski definition) is 0. The van der Waals surface area contributed by atoms with Crippen LogP contribution in [-0.4, -0.2) is 20.4 Å². The fourth-order valence-electron chi connectivity index (χ4n) is 2.49. The minimum absolute atomic E-state index is 0.723. The smallest absolute Gasteiger partial charge is 0.136 e. The third kappa shape index (κ3) is 2.10. The third-order valence-corrected chi connectivity index (χ3v) is 4.68. The van der Waals surface area contributed by atoms with E-state index < -0.39 is 0 Å². The van der Waals surface area contributed by atoms with Crippen LogP contribution in [0.2, 0.25) is 0 Å². The van der Waals surface area contributed by atoms with Gasteiger partial charge in [0.15, 0.2) is 0 Å². The zero-order chi connectivity index (χ0) is 15.1. The quantitative estimate of drug-likeness (QED) is 0.449. The predicted molar refractivity (Wildman–Crippen MR) is 93.5 cm³/mol. The summed E-state index contributed by atoms with van der Waals surface area (Å²) in [5.74, 6) is 0. The molecule has 0 saturated heterocycles. The Morgan fingerprint density at radius 2 is 0.864 bits per heavy atom. The van der Waals surface area contributed by atoms with Crippen LogP contribution in [0.15, 0.2) is 57.7 Å². The third-order valence-electron chi connectivity index (χ3n) is 3.51. The maximum atomic E-state index is 4.34. The Balaban J connectivity index is 2.13. The van der Waals surface area contributed by atoms with Crippen molar-refractivity contribution in [3.05, 3.63) is 57.7 Å². The van der Waals surface area contributed by atoms with E-state index in [0.717, 1.165) is 42.1 Å². The minimum Gasteiger partial charge on any atom is -0.147 e. The fourth-order valence-corrected chi connectivity index (χ4v) is 3.34. The van der Waals surface area contributed by atoms with Gasteiger partial charge in [0, 0.05) is 21.5 Å². The predicted octanol–water partition coefficient (Wildman–Crippen LogP) is 4.77. The molecule has 106 valence electrons. The molecule has 0 unspecified atom stereocenters. The number of hydrogen-bond acceptors (Lipinski definition) is 4. The molecule has 2 aromatic heterocycles. The molecule has 0 amide bonds. The van der Waals surface area contributed by atoms with Crippen LogP contribution in [0, 0.1) is 0 Å². The second-order valence-corrected chi connectivity index (χ2v) is 6.27. The minimum atomic E-state index is 0.723. The number of benzene rings is 2. The van der Waals surface area contributed by atoms with Gasteiger partial charge in [-0.3, -0.25) is 0 Å². The van der Waals surface area contributed by atoms with Gasteiger partial charge in [-0.25, -0.2) is 0 Å². The van der Waals surface area contributed by atoms with E-state index in [2.05, 4.69) is 52.3 Å². The van der Waals surface area contributed by atoms with Crippen molar-refractivity contribution in [1.82, 2.24) is 20.4 Å². The molecule has 0 atom stereocenters. The molecule has 22 heavy (non-hydrogen) atoms. The Morgan fingerprint density at radius 1 is 0.500 bits per heavy atom. The van der Waals surface area contributed by atoms with E-state index in [1.165, 1.54) is 0 Å². The first-order valence-corrected chi connectivity index (χ1v) is 8.16. The summed E-state index contributed by atoms with van der Waals surface area (Å²) in [7, 11) is 0. The first-order valence-electron chi connectivity index (χ1n) is 6.58. The lowest BCUT2D eigenvalue weighted by molar-refractivity contribution is 0.990. The van der Waals surface area contributed by atoms with Gasteiger partial charge in [0.2, 0.25) is 0 Å². The second kappa shape index (κ2) is 5.37. The summed E-state index contributed by atoms with van der Waals surface area (Å²) in [5, 5.41) is 21.1. The zero-order valence-corrected chi connectivity index (χ0v) is 14.3. The lowest BCUT2D eigenvalue weighted by atomic mass is 10.1. The average molecular weight is 416 g/mol. The van der Waals surface area contributed by atoms with Crippen LogP contribution in [0.5, 0.6) is 0 Å². The van der Waals surface area contributed by atoms with E-state index in [0.29, 0.717) is 0 Å².